The number of hydrogen-bond donors (Lipinski definition) is 3. The molecule has 0 saturated heterocycles. The molecule has 1 rings (SSSR count). The first-order valence-corrected chi connectivity index (χ1v) is 8.81. The lowest BCUT2D eigenvalue weighted by Crippen LogP contribution is -2.44. The first-order chi connectivity index (χ1) is 11.6. The molecule has 0 aliphatic carbocycles. The quantitative estimate of drug-likeness (QED) is 0.511. The minimum absolute atomic E-state index is 0.291. The van der Waals surface area contributed by atoms with Crippen molar-refractivity contribution in [3.63, 3.8) is 0 Å². The van der Waals surface area contributed by atoms with Crippen LogP contribution in [0.1, 0.15) is 70.0 Å². The highest BCUT2D eigenvalue weighted by Gasteiger charge is 2.29. The summed E-state index contributed by atoms with van der Waals surface area (Å²) in [7, 11) is 0. The van der Waals surface area contributed by atoms with Gasteiger partial charge in [0, 0.05) is 6.42 Å². The lowest BCUT2D eigenvalue weighted by Gasteiger charge is -2.20. The molecule has 0 spiro atoms. The molecule has 1 amide bonds. The molecule has 3 N–H and O–H groups in total. The van der Waals surface area contributed by atoms with Gasteiger partial charge >= 0.3 is 5.97 Å². The maximum atomic E-state index is 11.9. The Morgan fingerprint density at radius 1 is 1.00 bits per heavy atom. The Labute approximate surface area is 144 Å². The average Bonchev–Trinajstić information content (AvgIpc) is 2.59. The Balaban J connectivity index is 2.37. The number of carbonyl (C=O) groups excluding carboxylic acids is 1. The summed E-state index contributed by atoms with van der Waals surface area (Å²) in [6, 6.07) is 7.18. The Kier molecular flexibility index (Phi) is 9.77. The van der Waals surface area contributed by atoms with E-state index in [0.29, 0.717) is 12.0 Å². The van der Waals surface area contributed by atoms with Crippen LogP contribution in [0.3, 0.4) is 0 Å². The fourth-order valence-electron chi connectivity index (χ4n) is 2.61. The van der Waals surface area contributed by atoms with Crippen LogP contribution in [0, 0.1) is 0 Å². The van der Waals surface area contributed by atoms with Gasteiger partial charge in [0.25, 0.3) is 0 Å². The van der Waals surface area contributed by atoms with E-state index in [1.807, 2.05) is 0 Å². The zero-order valence-electron chi connectivity index (χ0n) is 14.4. The van der Waals surface area contributed by atoms with Crippen LogP contribution in [0.2, 0.25) is 0 Å². The molecular formula is C19H29NO4. The van der Waals surface area contributed by atoms with Crippen molar-refractivity contribution in [2.24, 2.45) is 0 Å². The minimum atomic E-state index is -1.33. The zero-order valence-corrected chi connectivity index (χ0v) is 14.4. The molecule has 2 atom stereocenters. The van der Waals surface area contributed by atoms with Crippen molar-refractivity contribution >= 4 is 11.9 Å². The van der Waals surface area contributed by atoms with Gasteiger partial charge in [-0.25, -0.2) is 4.79 Å². The summed E-state index contributed by atoms with van der Waals surface area (Å²) in [5, 5.41) is 21.9. The second-order valence-electron chi connectivity index (χ2n) is 6.11. The first-order valence-electron chi connectivity index (χ1n) is 8.81. The number of aliphatic carboxylic acids is 1. The second kappa shape index (κ2) is 11.6. The van der Waals surface area contributed by atoms with Gasteiger partial charge in [0.1, 0.15) is 6.10 Å². The molecular weight excluding hydrogens is 306 g/mol. The van der Waals surface area contributed by atoms with E-state index in [9.17, 15) is 19.8 Å². The van der Waals surface area contributed by atoms with Crippen LogP contribution in [0.25, 0.3) is 0 Å². The third kappa shape index (κ3) is 7.59. The number of hydrogen-bond acceptors (Lipinski definition) is 3. The molecule has 0 bridgehead atoms. The lowest BCUT2D eigenvalue weighted by atomic mass is 10.0. The predicted molar refractivity (Wildman–Crippen MR) is 93.6 cm³/mol. The van der Waals surface area contributed by atoms with Crippen molar-refractivity contribution in [3.05, 3.63) is 35.9 Å². The summed E-state index contributed by atoms with van der Waals surface area (Å²) in [4.78, 5) is 23.3. The third-order valence-corrected chi connectivity index (χ3v) is 4.05. The number of amides is 1. The van der Waals surface area contributed by atoms with Gasteiger partial charge in [-0.2, -0.15) is 0 Å². The fourth-order valence-corrected chi connectivity index (χ4v) is 2.61. The number of carboxylic acid groups (broad SMARTS) is 1. The van der Waals surface area contributed by atoms with Gasteiger partial charge < -0.3 is 15.5 Å². The third-order valence-electron chi connectivity index (χ3n) is 4.05. The smallest absolute Gasteiger partial charge is 0.329 e. The molecule has 5 nitrogen and oxygen atoms in total. The molecule has 0 saturated carbocycles. The summed E-state index contributed by atoms with van der Waals surface area (Å²) < 4.78 is 0. The molecule has 1 aromatic rings. The molecule has 0 aliphatic heterocycles. The van der Waals surface area contributed by atoms with Crippen LogP contribution >= 0.6 is 0 Å². The monoisotopic (exact) mass is 335 g/mol. The van der Waals surface area contributed by atoms with E-state index in [-0.39, 0.29) is 5.91 Å². The summed E-state index contributed by atoms with van der Waals surface area (Å²) >= 11 is 0. The maximum absolute atomic E-state index is 11.9. The van der Waals surface area contributed by atoms with E-state index in [2.05, 4.69) is 12.2 Å². The van der Waals surface area contributed by atoms with Gasteiger partial charge in [-0.1, -0.05) is 75.8 Å². The SMILES string of the molecule is CCCCCCCCCC(=O)N[C@@H](C(=O)O)[C@@H](O)c1ccccc1. The summed E-state index contributed by atoms with van der Waals surface area (Å²) in [6.07, 6.45) is 6.71. The van der Waals surface area contributed by atoms with Crippen LogP contribution in [0.5, 0.6) is 0 Å². The molecule has 24 heavy (non-hydrogen) atoms. The van der Waals surface area contributed by atoms with E-state index < -0.39 is 18.1 Å². The molecule has 1 aromatic carbocycles. The van der Waals surface area contributed by atoms with Gasteiger partial charge in [-0.3, -0.25) is 4.79 Å². The van der Waals surface area contributed by atoms with Gasteiger partial charge in [-0.05, 0) is 12.0 Å². The Hall–Kier alpha value is -1.88. The van der Waals surface area contributed by atoms with E-state index in [1.54, 1.807) is 30.3 Å². The van der Waals surface area contributed by atoms with Crippen LogP contribution in [0.15, 0.2) is 30.3 Å². The summed E-state index contributed by atoms with van der Waals surface area (Å²) in [6.45, 7) is 2.17. The number of benzene rings is 1. The fraction of sp³-hybridized carbons (Fsp3) is 0.579. The number of rotatable bonds is 12. The molecule has 0 aliphatic rings. The van der Waals surface area contributed by atoms with Crippen LogP contribution in [-0.4, -0.2) is 28.1 Å². The van der Waals surface area contributed by atoms with Crippen molar-refractivity contribution in [2.75, 3.05) is 0 Å². The van der Waals surface area contributed by atoms with Crippen molar-refractivity contribution in [2.45, 2.75) is 70.4 Å². The number of nitrogens with one attached hydrogen (secondary N) is 1. The zero-order chi connectivity index (χ0) is 17.8. The standard InChI is InChI=1S/C19H29NO4/c1-2-3-4-5-6-7-11-14-16(21)20-17(19(23)24)18(22)15-12-9-8-10-13-15/h8-10,12-13,17-18,22H,2-7,11,14H2,1H3,(H,20,21)(H,23,24)/t17-,18+/m1/s1. The normalized spacial score (nSPS) is 13.2. The predicted octanol–water partition coefficient (Wildman–Crippen LogP) is 3.43. The van der Waals surface area contributed by atoms with Crippen molar-refractivity contribution in [1.29, 1.82) is 0 Å². The summed E-state index contributed by atoms with van der Waals surface area (Å²) in [5.41, 5.74) is 0.473. The number of unbranched alkanes of at least 4 members (excludes halogenated alkanes) is 6. The molecule has 0 fully saturated rings. The molecule has 134 valence electrons. The highest BCUT2D eigenvalue weighted by molar-refractivity contribution is 5.84. The van der Waals surface area contributed by atoms with Crippen molar-refractivity contribution in [1.82, 2.24) is 5.32 Å². The Morgan fingerprint density at radius 3 is 2.17 bits per heavy atom. The average molecular weight is 335 g/mol. The molecule has 0 heterocycles. The van der Waals surface area contributed by atoms with E-state index in [0.717, 1.165) is 19.3 Å². The van der Waals surface area contributed by atoms with E-state index in [4.69, 9.17) is 0 Å². The van der Waals surface area contributed by atoms with Crippen molar-refractivity contribution in [3.8, 4) is 0 Å². The Bertz CT molecular complexity index is 489. The number of aliphatic hydroxyl groups excluding tert-OH is 1. The molecule has 0 unspecified atom stereocenters. The molecule has 0 radical (unpaired) electrons. The summed E-state index contributed by atoms with van der Waals surface area (Å²) in [5.74, 6) is -1.56. The van der Waals surface area contributed by atoms with Crippen LogP contribution in [0.4, 0.5) is 0 Å². The maximum Gasteiger partial charge on any atom is 0.329 e. The van der Waals surface area contributed by atoms with Crippen molar-refractivity contribution < 1.29 is 19.8 Å². The van der Waals surface area contributed by atoms with E-state index in [1.165, 1.54) is 25.7 Å². The first kappa shape index (κ1) is 20.2. The van der Waals surface area contributed by atoms with Gasteiger partial charge in [0.05, 0.1) is 0 Å². The van der Waals surface area contributed by atoms with Crippen LogP contribution in [-0.2, 0) is 9.59 Å². The van der Waals surface area contributed by atoms with Crippen LogP contribution < -0.4 is 5.32 Å². The second-order valence-corrected chi connectivity index (χ2v) is 6.11. The number of carboxylic acids is 1. The Morgan fingerprint density at radius 2 is 1.58 bits per heavy atom. The highest BCUT2D eigenvalue weighted by Crippen LogP contribution is 2.17. The highest BCUT2D eigenvalue weighted by atomic mass is 16.4. The number of carbonyl (C=O) groups is 2. The topological polar surface area (TPSA) is 86.6 Å². The number of aliphatic hydroxyl groups is 1. The largest absolute Gasteiger partial charge is 0.480 e. The van der Waals surface area contributed by atoms with E-state index >= 15 is 0 Å². The molecule has 5 heteroatoms. The van der Waals surface area contributed by atoms with Gasteiger partial charge in [-0.15, -0.1) is 0 Å². The van der Waals surface area contributed by atoms with Gasteiger partial charge in [0.15, 0.2) is 6.04 Å². The molecule has 0 aromatic heterocycles. The minimum Gasteiger partial charge on any atom is -0.480 e. The lowest BCUT2D eigenvalue weighted by molar-refractivity contribution is -0.145. The van der Waals surface area contributed by atoms with Gasteiger partial charge in [0.2, 0.25) is 5.91 Å².